The zero-order valence-electron chi connectivity index (χ0n) is 17.9. The van der Waals surface area contributed by atoms with E-state index >= 15 is 0 Å². The first-order chi connectivity index (χ1) is 15.1. The molecule has 4 aromatic rings. The second-order valence-electron chi connectivity index (χ2n) is 7.60. The summed E-state index contributed by atoms with van der Waals surface area (Å²) in [4.78, 5) is 21.3. The monoisotopic (exact) mass is 446 g/mol. The Morgan fingerprint density at radius 1 is 0.935 bits per heavy atom. The van der Waals surface area contributed by atoms with Gasteiger partial charge in [0.2, 0.25) is 5.91 Å². The summed E-state index contributed by atoms with van der Waals surface area (Å²) in [6.45, 7) is 4.73. The van der Waals surface area contributed by atoms with Gasteiger partial charge in [0.05, 0.1) is 16.8 Å². The minimum atomic E-state index is 0.131. The van der Waals surface area contributed by atoms with Gasteiger partial charge in [-0.1, -0.05) is 72.0 Å². The van der Waals surface area contributed by atoms with Crippen LogP contribution in [0.5, 0.6) is 0 Å². The number of hydrogen-bond donors (Lipinski definition) is 0. The number of benzene rings is 3. The Balaban J connectivity index is 1.52. The Hall–Kier alpha value is -2.63. The molecular weight excluding hydrogens is 420 g/mol. The average Bonchev–Trinajstić information content (AvgIpc) is 3.25. The highest BCUT2D eigenvalue weighted by molar-refractivity contribution is 7.99. The smallest absolute Gasteiger partial charge is 0.229 e. The second-order valence-corrected chi connectivity index (χ2v) is 9.75. The highest BCUT2D eigenvalue weighted by Gasteiger charge is 2.21. The van der Waals surface area contributed by atoms with Crippen molar-refractivity contribution in [2.45, 2.75) is 38.1 Å². The van der Waals surface area contributed by atoms with Crippen molar-refractivity contribution in [2.75, 3.05) is 10.7 Å². The van der Waals surface area contributed by atoms with Gasteiger partial charge in [-0.2, -0.15) is 0 Å². The predicted octanol–water partition coefficient (Wildman–Crippen LogP) is 7.02. The maximum atomic E-state index is 13.3. The lowest BCUT2D eigenvalue weighted by atomic mass is 10.1. The van der Waals surface area contributed by atoms with E-state index in [4.69, 9.17) is 4.98 Å². The largest absolute Gasteiger partial charge is 0.284 e. The van der Waals surface area contributed by atoms with E-state index in [0.717, 1.165) is 33.9 Å². The SMILES string of the molecule is Cc1ccc(C)c2sc(N(Cc3ccccc3)C(=O)CCCSc3ccccc3)nc12. The summed E-state index contributed by atoms with van der Waals surface area (Å²) in [5, 5.41) is 0.789. The lowest BCUT2D eigenvalue weighted by Gasteiger charge is -2.20. The third kappa shape index (κ3) is 5.35. The van der Waals surface area contributed by atoms with Crippen molar-refractivity contribution >= 4 is 44.4 Å². The summed E-state index contributed by atoms with van der Waals surface area (Å²) in [6.07, 6.45) is 1.35. The van der Waals surface area contributed by atoms with E-state index in [2.05, 4.69) is 50.2 Å². The summed E-state index contributed by atoms with van der Waals surface area (Å²) in [5.74, 6) is 1.05. The Morgan fingerprint density at radius 3 is 2.32 bits per heavy atom. The third-order valence-corrected chi connectivity index (χ3v) is 7.51. The quantitative estimate of drug-likeness (QED) is 0.215. The molecule has 158 valence electrons. The molecule has 3 nitrogen and oxygen atoms in total. The molecule has 4 rings (SSSR count). The van der Waals surface area contributed by atoms with Crippen LogP contribution in [0.15, 0.2) is 77.7 Å². The molecule has 0 radical (unpaired) electrons. The Bertz CT molecular complexity index is 1120. The maximum absolute atomic E-state index is 13.3. The molecule has 1 amide bonds. The van der Waals surface area contributed by atoms with Crippen LogP contribution in [0.1, 0.15) is 29.5 Å². The van der Waals surface area contributed by atoms with Gasteiger partial charge < -0.3 is 0 Å². The first kappa shape index (κ1) is 21.6. The first-order valence-electron chi connectivity index (χ1n) is 10.5. The van der Waals surface area contributed by atoms with Gasteiger partial charge in [0, 0.05) is 11.3 Å². The molecule has 0 aliphatic rings. The van der Waals surface area contributed by atoms with Crippen LogP contribution in [0.25, 0.3) is 10.2 Å². The van der Waals surface area contributed by atoms with Crippen molar-refractivity contribution in [3.8, 4) is 0 Å². The van der Waals surface area contributed by atoms with E-state index in [9.17, 15) is 4.79 Å². The fourth-order valence-electron chi connectivity index (χ4n) is 3.46. The summed E-state index contributed by atoms with van der Waals surface area (Å²) >= 11 is 3.42. The lowest BCUT2D eigenvalue weighted by Crippen LogP contribution is -2.30. The molecule has 31 heavy (non-hydrogen) atoms. The van der Waals surface area contributed by atoms with E-state index in [0.29, 0.717) is 13.0 Å². The molecule has 0 unspecified atom stereocenters. The minimum Gasteiger partial charge on any atom is -0.284 e. The van der Waals surface area contributed by atoms with E-state index in [-0.39, 0.29) is 5.91 Å². The van der Waals surface area contributed by atoms with E-state index in [1.165, 1.54) is 15.2 Å². The number of rotatable bonds is 8. The van der Waals surface area contributed by atoms with Gasteiger partial charge in [0.1, 0.15) is 0 Å². The standard InChI is InChI=1S/C26H26N2OS2/c1-19-15-16-20(2)25-24(19)27-26(31-25)28(18-21-10-5-3-6-11-21)23(29)14-9-17-30-22-12-7-4-8-13-22/h3-8,10-13,15-16H,9,14,17-18H2,1-2H3. The summed E-state index contributed by atoms with van der Waals surface area (Å²) in [7, 11) is 0. The highest BCUT2D eigenvalue weighted by atomic mass is 32.2. The van der Waals surface area contributed by atoms with Gasteiger partial charge in [-0.05, 0) is 54.8 Å². The number of carbonyl (C=O) groups is 1. The van der Waals surface area contributed by atoms with Crippen LogP contribution in [0.4, 0.5) is 5.13 Å². The molecule has 0 fully saturated rings. The van der Waals surface area contributed by atoms with Crippen LogP contribution in [0.2, 0.25) is 0 Å². The topological polar surface area (TPSA) is 33.2 Å². The fourth-order valence-corrected chi connectivity index (χ4v) is 5.46. The molecule has 0 spiro atoms. The molecular formula is C26H26N2OS2. The van der Waals surface area contributed by atoms with Crippen LogP contribution < -0.4 is 4.90 Å². The third-order valence-electron chi connectivity index (χ3n) is 5.19. The molecule has 5 heteroatoms. The molecule has 1 heterocycles. The Labute approximate surface area is 192 Å². The second kappa shape index (κ2) is 10.1. The zero-order chi connectivity index (χ0) is 21.6. The normalized spacial score (nSPS) is 11.0. The summed E-state index contributed by atoms with van der Waals surface area (Å²) < 4.78 is 1.17. The molecule has 0 saturated heterocycles. The van der Waals surface area contributed by atoms with Gasteiger partial charge in [-0.3, -0.25) is 9.69 Å². The van der Waals surface area contributed by atoms with E-state index < -0.39 is 0 Å². The molecule has 0 saturated carbocycles. The van der Waals surface area contributed by atoms with E-state index in [1.807, 2.05) is 41.3 Å². The van der Waals surface area contributed by atoms with Gasteiger partial charge in [0.25, 0.3) is 0 Å². The number of nitrogens with zero attached hydrogens (tertiary/aromatic N) is 2. The highest BCUT2D eigenvalue weighted by Crippen LogP contribution is 2.34. The zero-order valence-corrected chi connectivity index (χ0v) is 19.5. The Morgan fingerprint density at radius 2 is 1.61 bits per heavy atom. The molecule has 0 bridgehead atoms. The van der Waals surface area contributed by atoms with Crippen molar-refractivity contribution in [2.24, 2.45) is 0 Å². The van der Waals surface area contributed by atoms with Crippen molar-refractivity contribution in [1.82, 2.24) is 4.98 Å². The Kier molecular flexibility index (Phi) is 7.05. The number of amides is 1. The number of aromatic nitrogens is 1. The predicted molar refractivity (Wildman–Crippen MR) is 133 cm³/mol. The van der Waals surface area contributed by atoms with Gasteiger partial charge >= 0.3 is 0 Å². The van der Waals surface area contributed by atoms with Gasteiger partial charge in [0.15, 0.2) is 5.13 Å². The van der Waals surface area contributed by atoms with Gasteiger partial charge in [-0.25, -0.2) is 4.98 Å². The number of aryl methyl sites for hydroxylation is 2. The van der Waals surface area contributed by atoms with E-state index in [1.54, 1.807) is 23.1 Å². The fraction of sp³-hybridized carbons (Fsp3) is 0.231. The summed E-state index contributed by atoms with van der Waals surface area (Å²) in [6, 6.07) is 24.7. The molecule has 0 aliphatic heterocycles. The average molecular weight is 447 g/mol. The number of thioether (sulfide) groups is 1. The van der Waals surface area contributed by atoms with Gasteiger partial charge in [-0.15, -0.1) is 11.8 Å². The number of carbonyl (C=O) groups excluding carboxylic acids is 1. The number of hydrogen-bond acceptors (Lipinski definition) is 4. The lowest BCUT2D eigenvalue weighted by molar-refractivity contribution is -0.118. The van der Waals surface area contributed by atoms with Crippen LogP contribution in [0, 0.1) is 13.8 Å². The van der Waals surface area contributed by atoms with Crippen molar-refractivity contribution in [3.05, 3.63) is 89.5 Å². The van der Waals surface area contributed by atoms with Crippen LogP contribution >= 0.6 is 23.1 Å². The van der Waals surface area contributed by atoms with Crippen molar-refractivity contribution < 1.29 is 4.79 Å². The molecule has 3 aromatic carbocycles. The molecule has 0 aliphatic carbocycles. The number of fused-ring (bicyclic) bond motifs is 1. The van der Waals surface area contributed by atoms with Crippen molar-refractivity contribution in [3.63, 3.8) is 0 Å². The molecule has 0 N–H and O–H groups in total. The molecule has 1 aromatic heterocycles. The summed E-state index contributed by atoms with van der Waals surface area (Å²) in [5.41, 5.74) is 4.47. The first-order valence-corrected chi connectivity index (χ1v) is 12.3. The van der Waals surface area contributed by atoms with Crippen LogP contribution in [-0.4, -0.2) is 16.6 Å². The van der Waals surface area contributed by atoms with Crippen LogP contribution in [-0.2, 0) is 11.3 Å². The van der Waals surface area contributed by atoms with Crippen LogP contribution in [0.3, 0.4) is 0 Å². The minimum absolute atomic E-state index is 0.131. The maximum Gasteiger partial charge on any atom is 0.229 e. The van der Waals surface area contributed by atoms with Crippen molar-refractivity contribution in [1.29, 1.82) is 0 Å². The molecule has 0 atom stereocenters. The number of thiazole rings is 1. The number of anilines is 1.